The van der Waals surface area contributed by atoms with E-state index in [1.165, 1.54) is 11.8 Å². The van der Waals surface area contributed by atoms with Gasteiger partial charge >= 0.3 is 0 Å². The molecule has 122 valence electrons. The molecule has 1 N–H and O–H groups in total. The second kappa shape index (κ2) is 5.22. The number of nitrogens with zero attached hydrogens (tertiary/aromatic N) is 2. The monoisotopic (exact) mass is 349 g/mol. The predicted octanol–water partition coefficient (Wildman–Crippen LogP) is 3.28. The zero-order chi connectivity index (χ0) is 17.0. The van der Waals surface area contributed by atoms with Crippen molar-refractivity contribution in [3.8, 4) is 11.5 Å². The van der Waals surface area contributed by atoms with Crippen LogP contribution in [0.25, 0.3) is 6.08 Å². The van der Waals surface area contributed by atoms with Gasteiger partial charge in [-0.2, -0.15) is 4.99 Å². The quantitative estimate of drug-likeness (QED) is 0.800. The van der Waals surface area contributed by atoms with Gasteiger partial charge in [0, 0.05) is 4.90 Å². The highest BCUT2D eigenvalue weighted by Gasteiger charge is 2.37. The molecule has 0 bridgehead atoms. The van der Waals surface area contributed by atoms with Crippen LogP contribution in [-0.2, 0) is 4.79 Å². The number of para-hydroxylation sites is 1. The fraction of sp³-hybridized carbons (Fsp3) is 0.0556. The second-order valence-electron chi connectivity index (χ2n) is 5.62. The van der Waals surface area contributed by atoms with E-state index in [9.17, 15) is 4.79 Å². The van der Waals surface area contributed by atoms with E-state index in [0.717, 1.165) is 16.1 Å². The van der Waals surface area contributed by atoms with Crippen LogP contribution < -0.4 is 14.4 Å². The van der Waals surface area contributed by atoms with Crippen molar-refractivity contribution in [3.05, 3.63) is 53.6 Å². The van der Waals surface area contributed by atoms with Crippen LogP contribution in [0.1, 0.15) is 5.56 Å². The first kappa shape index (κ1) is 14.3. The third-order valence-electron chi connectivity index (χ3n) is 4.11. The number of ether oxygens (including phenoxy) is 2. The van der Waals surface area contributed by atoms with Crippen molar-refractivity contribution < 1.29 is 14.3 Å². The van der Waals surface area contributed by atoms with Crippen LogP contribution >= 0.6 is 11.8 Å². The Morgan fingerprint density at radius 3 is 2.92 bits per heavy atom. The fourth-order valence-electron chi connectivity index (χ4n) is 2.93. The zero-order valence-electron chi connectivity index (χ0n) is 12.9. The van der Waals surface area contributed by atoms with Gasteiger partial charge in [0.25, 0.3) is 5.91 Å². The highest BCUT2D eigenvalue weighted by Crippen LogP contribution is 2.43. The normalized spacial score (nSPS) is 19.1. The van der Waals surface area contributed by atoms with Crippen LogP contribution in [0.3, 0.4) is 0 Å². The molecule has 1 amide bonds. The molecule has 0 saturated heterocycles. The van der Waals surface area contributed by atoms with Gasteiger partial charge in [-0.05, 0) is 47.7 Å². The van der Waals surface area contributed by atoms with Gasteiger partial charge < -0.3 is 9.47 Å². The minimum atomic E-state index is -0.408. The van der Waals surface area contributed by atoms with Crippen molar-refractivity contribution >= 4 is 40.4 Å². The van der Waals surface area contributed by atoms with Gasteiger partial charge in [0.1, 0.15) is 5.84 Å². The van der Waals surface area contributed by atoms with Gasteiger partial charge in [-0.15, -0.1) is 0 Å². The number of nitrogens with one attached hydrogen (secondary N) is 1. The Balaban J connectivity index is 1.57. The Kier molecular flexibility index (Phi) is 2.98. The Bertz CT molecular complexity index is 1010. The average Bonchev–Trinajstić information content (AvgIpc) is 3.21. The average molecular weight is 349 g/mol. The summed E-state index contributed by atoms with van der Waals surface area (Å²) in [5.41, 5.74) is 1.89. The molecule has 5 rings (SSSR count). The highest BCUT2D eigenvalue weighted by molar-refractivity contribution is 8.15. The molecule has 0 aromatic heterocycles. The van der Waals surface area contributed by atoms with Crippen molar-refractivity contribution in [2.24, 2.45) is 4.99 Å². The van der Waals surface area contributed by atoms with E-state index in [1.807, 2.05) is 30.3 Å². The van der Waals surface area contributed by atoms with Crippen molar-refractivity contribution in [2.75, 3.05) is 11.7 Å². The molecule has 0 spiro atoms. The van der Waals surface area contributed by atoms with Crippen molar-refractivity contribution in [3.63, 3.8) is 0 Å². The number of hydrogen-bond acceptors (Lipinski definition) is 5. The standard InChI is InChI=1S/C18H11N3O3S/c19-16-11(7-10-5-6-13-14(8-10)24-9-23-13)17(22)20-18-21(16)12-3-1-2-4-15(12)25-18/h1-8,19H,9H2/b11-7+,19-16?. The highest BCUT2D eigenvalue weighted by atomic mass is 32.2. The molecule has 3 heterocycles. The Morgan fingerprint density at radius 1 is 1.16 bits per heavy atom. The SMILES string of the molecule is N=C1/C(=C\c2ccc3c(c2)OCO3)C(=O)N=C2Sc3ccccc3N12. The Labute approximate surface area is 147 Å². The molecule has 25 heavy (non-hydrogen) atoms. The van der Waals surface area contributed by atoms with Crippen molar-refractivity contribution in [1.82, 2.24) is 0 Å². The summed E-state index contributed by atoms with van der Waals surface area (Å²) in [6.07, 6.45) is 1.67. The molecule has 3 aliphatic rings. The number of aliphatic imine (C=N–C) groups is 1. The van der Waals surface area contributed by atoms with E-state index in [0.29, 0.717) is 16.7 Å². The zero-order valence-corrected chi connectivity index (χ0v) is 13.7. The van der Waals surface area contributed by atoms with Crippen LogP contribution in [0, 0.1) is 5.41 Å². The van der Waals surface area contributed by atoms with Crippen LogP contribution in [-0.4, -0.2) is 23.7 Å². The number of benzene rings is 2. The summed E-state index contributed by atoms with van der Waals surface area (Å²) in [7, 11) is 0. The summed E-state index contributed by atoms with van der Waals surface area (Å²) in [6.45, 7) is 0.194. The third kappa shape index (κ3) is 2.16. The number of thioether (sulfide) groups is 1. The molecule has 0 fully saturated rings. The van der Waals surface area contributed by atoms with E-state index in [1.54, 1.807) is 23.1 Å². The van der Waals surface area contributed by atoms with E-state index in [4.69, 9.17) is 14.9 Å². The van der Waals surface area contributed by atoms with Gasteiger partial charge in [-0.25, -0.2) is 0 Å². The summed E-state index contributed by atoms with van der Waals surface area (Å²) in [5, 5.41) is 9.05. The maximum Gasteiger partial charge on any atom is 0.283 e. The summed E-state index contributed by atoms with van der Waals surface area (Å²) < 4.78 is 10.7. The van der Waals surface area contributed by atoms with Crippen LogP contribution in [0.4, 0.5) is 5.69 Å². The summed E-state index contributed by atoms with van der Waals surface area (Å²) in [4.78, 5) is 19.3. The molecular formula is C18H11N3O3S. The van der Waals surface area contributed by atoms with Crippen LogP contribution in [0.15, 0.2) is 57.9 Å². The molecule has 0 atom stereocenters. The van der Waals surface area contributed by atoms with Crippen LogP contribution in [0.5, 0.6) is 11.5 Å². The number of amidine groups is 2. The number of hydrogen-bond donors (Lipinski definition) is 1. The van der Waals surface area contributed by atoms with Gasteiger partial charge in [-0.3, -0.25) is 15.1 Å². The molecule has 2 aromatic carbocycles. The number of fused-ring (bicyclic) bond motifs is 4. The molecule has 3 aliphatic heterocycles. The minimum Gasteiger partial charge on any atom is -0.454 e. The van der Waals surface area contributed by atoms with Crippen LogP contribution in [0.2, 0.25) is 0 Å². The molecular weight excluding hydrogens is 338 g/mol. The van der Waals surface area contributed by atoms with E-state index < -0.39 is 5.91 Å². The van der Waals surface area contributed by atoms with Gasteiger partial charge in [0.2, 0.25) is 6.79 Å². The lowest BCUT2D eigenvalue weighted by atomic mass is 10.1. The number of carbonyl (C=O) groups excluding carboxylic acids is 1. The summed E-state index contributed by atoms with van der Waals surface area (Å²) in [6, 6.07) is 13.1. The largest absolute Gasteiger partial charge is 0.454 e. The maximum atomic E-state index is 12.4. The maximum absolute atomic E-state index is 12.4. The van der Waals surface area contributed by atoms with Gasteiger partial charge in [-0.1, -0.05) is 18.2 Å². The molecule has 6 nitrogen and oxygen atoms in total. The molecule has 2 aromatic rings. The number of anilines is 1. The summed E-state index contributed by atoms with van der Waals surface area (Å²) >= 11 is 1.40. The Morgan fingerprint density at radius 2 is 2.00 bits per heavy atom. The first-order chi connectivity index (χ1) is 12.2. The molecule has 0 aliphatic carbocycles. The first-order valence-electron chi connectivity index (χ1n) is 7.61. The van der Waals surface area contributed by atoms with Crippen molar-refractivity contribution in [1.29, 1.82) is 5.41 Å². The molecule has 7 heteroatoms. The molecule has 0 saturated carbocycles. The van der Waals surface area contributed by atoms with Gasteiger partial charge in [0.05, 0.1) is 11.3 Å². The Hall–Kier alpha value is -3.06. The second-order valence-corrected chi connectivity index (χ2v) is 6.63. The first-order valence-corrected chi connectivity index (χ1v) is 8.43. The fourth-order valence-corrected chi connectivity index (χ4v) is 3.95. The van der Waals surface area contributed by atoms with Crippen molar-refractivity contribution in [2.45, 2.75) is 4.90 Å². The lowest BCUT2D eigenvalue weighted by Crippen LogP contribution is -2.39. The van der Waals surface area contributed by atoms with E-state index in [-0.39, 0.29) is 18.2 Å². The van der Waals surface area contributed by atoms with Gasteiger partial charge in [0.15, 0.2) is 16.7 Å². The summed E-state index contributed by atoms with van der Waals surface area (Å²) in [5.74, 6) is 1.03. The molecule has 0 unspecified atom stereocenters. The minimum absolute atomic E-state index is 0.130. The topological polar surface area (TPSA) is 75.0 Å². The number of carbonyl (C=O) groups is 1. The smallest absolute Gasteiger partial charge is 0.283 e. The number of amides is 1. The lowest BCUT2D eigenvalue weighted by Gasteiger charge is -2.24. The number of rotatable bonds is 1. The third-order valence-corrected chi connectivity index (χ3v) is 5.13. The van der Waals surface area contributed by atoms with E-state index >= 15 is 0 Å². The van der Waals surface area contributed by atoms with E-state index in [2.05, 4.69) is 4.99 Å². The molecule has 0 radical (unpaired) electrons. The predicted molar refractivity (Wildman–Crippen MR) is 95.5 cm³/mol. The lowest BCUT2D eigenvalue weighted by molar-refractivity contribution is -0.113.